The Balaban J connectivity index is 1.91. The fourth-order valence-electron chi connectivity index (χ4n) is 1.97. The van der Waals surface area contributed by atoms with Crippen molar-refractivity contribution in [2.24, 2.45) is 0 Å². The van der Waals surface area contributed by atoms with Gasteiger partial charge in [-0.15, -0.1) is 11.3 Å². The third-order valence-corrected chi connectivity index (χ3v) is 5.59. The maximum Gasteiger partial charge on any atom is 0.107 e. The van der Waals surface area contributed by atoms with Crippen LogP contribution in [0.4, 0.5) is 0 Å². The van der Waals surface area contributed by atoms with Crippen LogP contribution in [0, 0.1) is 0 Å². The summed E-state index contributed by atoms with van der Waals surface area (Å²) in [6.45, 7) is 6.30. The first kappa shape index (κ1) is 15.0. The highest BCUT2D eigenvalue weighted by molar-refractivity contribution is 9.10. The molecule has 19 heavy (non-hydrogen) atoms. The first-order valence-electron chi connectivity index (χ1n) is 6.19. The average molecular weight is 359 g/mol. The summed E-state index contributed by atoms with van der Waals surface area (Å²) < 4.78 is 1.80. The van der Waals surface area contributed by atoms with Crippen LogP contribution in [0.25, 0.3) is 0 Å². The van der Waals surface area contributed by atoms with Crippen LogP contribution in [-0.2, 0) is 12.0 Å². The second-order valence-corrected chi connectivity index (χ2v) is 7.78. The summed E-state index contributed by atoms with van der Waals surface area (Å²) >= 11 is 11.1. The van der Waals surface area contributed by atoms with E-state index in [1.807, 2.05) is 0 Å². The Kier molecular flexibility index (Phi) is 5.07. The van der Waals surface area contributed by atoms with Crippen molar-refractivity contribution in [1.82, 2.24) is 5.32 Å². The predicted octanol–water partition coefficient (Wildman–Crippen LogP) is 5.23. The monoisotopic (exact) mass is 357 g/mol. The third-order valence-electron chi connectivity index (χ3n) is 3.12. The fourth-order valence-corrected chi connectivity index (χ4v) is 3.73. The summed E-state index contributed by atoms with van der Waals surface area (Å²) in [5.41, 5.74) is 1.48. The van der Waals surface area contributed by atoms with Crippen molar-refractivity contribution in [3.8, 4) is 0 Å². The number of benzene rings is 1. The molecule has 0 radical (unpaired) electrons. The molecule has 1 heterocycles. The van der Waals surface area contributed by atoms with Crippen LogP contribution >= 0.6 is 38.9 Å². The molecule has 0 bridgehead atoms. The molecule has 2 rings (SSSR count). The number of halogens is 2. The van der Waals surface area contributed by atoms with Crippen molar-refractivity contribution < 1.29 is 0 Å². The Morgan fingerprint density at radius 2 is 1.95 bits per heavy atom. The van der Waals surface area contributed by atoms with Crippen molar-refractivity contribution in [3.63, 3.8) is 0 Å². The Morgan fingerprint density at radius 1 is 1.26 bits per heavy atom. The van der Waals surface area contributed by atoms with Gasteiger partial charge in [-0.25, -0.2) is 0 Å². The van der Waals surface area contributed by atoms with Crippen molar-refractivity contribution in [2.45, 2.75) is 25.8 Å². The van der Waals surface area contributed by atoms with E-state index in [1.165, 1.54) is 10.4 Å². The summed E-state index contributed by atoms with van der Waals surface area (Å²) in [5, 5.41) is 3.51. The van der Waals surface area contributed by atoms with Gasteiger partial charge >= 0.3 is 0 Å². The molecule has 0 atom stereocenters. The third kappa shape index (κ3) is 4.06. The van der Waals surface area contributed by atoms with Crippen LogP contribution in [-0.4, -0.2) is 6.54 Å². The molecule has 4 heteroatoms. The van der Waals surface area contributed by atoms with E-state index < -0.39 is 0 Å². The molecule has 1 aromatic carbocycles. The zero-order valence-corrected chi connectivity index (χ0v) is 14.2. The highest BCUT2D eigenvalue weighted by Crippen LogP contribution is 2.32. The van der Waals surface area contributed by atoms with Gasteiger partial charge in [-0.1, -0.05) is 55.8 Å². The van der Waals surface area contributed by atoms with Gasteiger partial charge in [0, 0.05) is 27.9 Å². The first-order chi connectivity index (χ1) is 8.99. The lowest BCUT2D eigenvalue weighted by molar-refractivity contribution is 0.470. The molecule has 0 saturated carbocycles. The standard InChI is InChI=1S/C15H17BrClNS/c1-15(2,11-6-4-3-5-7-11)10-18-9-12-8-13(16)14(17)19-12/h3-8,18H,9-10H2,1-2H3. The van der Waals surface area contributed by atoms with Crippen LogP contribution in [0.2, 0.25) is 4.34 Å². The van der Waals surface area contributed by atoms with Gasteiger partial charge in [-0.3, -0.25) is 0 Å². The van der Waals surface area contributed by atoms with Gasteiger partial charge in [0.15, 0.2) is 0 Å². The highest BCUT2D eigenvalue weighted by atomic mass is 79.9. The maximum atomic E-state index is 6.04. The van der Waals surface area contributed by atoms with Crippen molar-refractivity contribution in [2.75, 3.05) is 6.54 Å². The number of nitrogens with one attached hydrogen (secondary N) is 1. The van der Waals surface area contributed by atoms with Crippen LogP contribution in [0.15, 0.2) is 40.9 Å². The summed E-state index contributed by atoms with van der Waals surface area (Å²) in [6.07, 6.45) is 0. The van der Waals surface area contributed by atoms with Gasteiger partial charge < -0.3 is 5.32 Å². The molecule has 0 spiro atoms. The van der Waals surface area contributed by atoms with E-state index in [1.54, 1.807) is 11.3 Å². The average Bonchev–Trinajstić information content (AvgIpc) is 2.69. The Labute approximate surface area is 132 Å². The lowest BCUT2D eigenvalue weighted by Crippen LogP contribution is -2.32. The van der Waals surface area contributed by atoms with Gasteiger partial charge in [-0.2, -0.15) is 0 Å². The molecule has 0 saturated heterocycles. The van der Waals surface area contributed by atoms with Crippen LogP contribution in [0.3, 0.4) is 0 Å². The molecule has 1 N–H and O–H groups in total. The van der Waals surface area contributed by atoms with Gasteiger partial charge in [0.1, 0.15) is 4.34 Å². The minimum Gasteiger partial charge on any atom is -0.311 e. The smallest absolute Gasteiger partial charge is 0.107 e. The summed E-state index contributed by atoms with van der Waals surface area (Å²) in [7, 11) is 0. The van der Waals surface area contributed by atoms with Crippen molar-refractivity contribution in [1.29, 1.82) is 0 Å². The van der Waals surface area contributed by atoms with E-state index in [0.717, 1.165) is 21.9 Å². The number of hydrogen-bond donors (Lipinski definition) is 1. The molecule has 0 aliphatic carbocycles. The minimum absolute atomic E-state index is 0.125. The Hall–Kier alpha value is -0.350. The molecular formula is C15H17BrClNS. The molecule has 0 aliphatic rings. The number of rotatable bonds is 5. The van der Waals surface area contributed by atoms with Crippen molar-refractivity contribution in [3.05, 3.63) is 55.6 Å². The molecule has 102 valence electrons. The molecule has 0 unspecified atom stereocenters. The summed E-state index contributed by atoms with van der Waals surface area (Å²) in [4.78, 5) is 1.25. The van der Waals surface area contributed by atoms with Gasteiger partial charge in [0.25, 0.3) is 0 Å². The van der Waals surface area contributed by atoms with E-state index >= 15 is 0 Å². The van der Waals surface area contributed by atoms with E-state index in [9.17, 15) is 0 Å². The Bertz CT molecular complexity index is 517. The second-order valence-electron chi connectivity index (χ2n) is 5.19. The zero-order valence-electron chi connectivity index (χ0n) is 11.0. The van der Waals surface area contributed by atoms with Crippen molar-refractivity contribution >= 4 is 38.9 Å². The SMILES string of the molecule is CC(C)(CNCc1cc(Br)c(Cl)s1)c1ccccc1. The van der Waals surface area contributed by atoms with Crippen LogP contribution < -0.4 is 5.32 Å². The topological polar surface area (TPSA) is 12.0 Å². The molecule has 0 amide bonds. The zero-order chi connectivity index (χ0) is 13.9. The van der Waals surface area contributed by atoms with E-state index in [-0.39, 0.29) is 5.41 Å². The Morgan fingerprint density at radius 3 is 2.53 bits per heavy atom. The van der Waals surface area contributed by atoms with Gasteiger partial charge in [0.05, 0.1) is 0 Å². The van der Waals surface area contributed by atoms with Crippen LogP contribution in [0.1, 0.15) is 24.3 Å². The number of thiophene rings is 1. The molecule has 0 fully saturated rings. The van der Waals surface area contributed by atoms with Crippen LogP contribution in [0.5, 0.6) is 0 Å². The molecular weight excluding hydrogens is 342 g/mol. The number of hydrogen-bond acceptors (Lipinski definition) is 2. The fraction of sp³-hybridized carbons (Fsp3) is 0.333. The first-order valence-corrected chi connectivity index (χ1v) is 8.18. The predicted molar refractivity (Wildman–Crippen MR) is 88.2 cm³/mol. The second kappa shape index (κ2) is 6.40. The minimum atomic E-state index is 0.125. The molecule has 1 nitrogen and oxygen atoms in total. The highest BCUT2D eigenvalue weighted by Gasteiger charge is 2.19. The quantitative estimate of drug-likeness (QED) is 0.771. The normalized spacial score (nSPS) is 11.8. The largest absolute Gasteiger partial charge is 0.311 e. The van der Waals surface area contributed by atoms with Gasteiger partial charge in [-0.05, 0) is 27.6 Å². The summed E-state index contributed by atoms with van der Waals surface area (Å²) in [5.74, 6) is 0. The van der Waals surface area contributed by atoms with Gasteiger partial charge in [0.2, 0.25) is 0 Å². The van der Waals surface area contributed by atoms with E-state index in [0.29, 0.717) is 0 Å². The maximum absolute atomic E-state index is 6.04. The lowest BCUT2D eigenvalue weighted by atomic mass is 9.84. The molecule has 0 aliphatic heterocycles. The molecule has 2 aromatic rings. The van der Waals surface area contributed by atoms with E-state index in [4.69, 9.17) is 11.6 Å². The molecule has 1 aromatic heterocycles. The summed E-state index contributed by atoms with van der Waals surface area (Å²) in [6, 6.07) is 12.7. The lowest BCUT2D eigenvalue weighted by Gasteiger charge is -2.25. The van der Waals surface area contributed by atoms with E-state index in [2.05, 4.69) is 71.5 Å².